The summed E-state index contributed by atoms with van der Waals surface area (Å²) in [6.45, 7) is 8.30. The van der Waals surface area contributed by atoms with Gasteiger partial charge < -0.3 is 11.3 Å². The molecule has 15 heavy (non-hydrogen) atoms. The van der Waals surface area contributed by atoms with Crippen molar-refractivity contribution in [3.8, 4) is 0 Å². The van der Waals surface area contributed by atoms with Crippen molar-refractivity contribution in [2.24, 2.45) is 11.7 Å². The lowest BCUT2D eigenvalue weighted by Crippen LogP contribution is -2.37. The monoisotopic (exact) mass is 211 g/mol. The Kier molecular flexibility index (Phi) is 6.46. The Morgan fingerprint density at radius 1 is 1.47 bits per heavy atom. The largest absolute Gasteiger partial charge is 0.362 e. The van der Waals surface area contributed by atoms with Gasteiger partial charge in [0.2, 0.25) is 0 Å². The van der Waals surface area contributed by atoms with Crippen molar-refractivity contribution in [2.45, 2.75) is 65.3 Å². The second-order valence-corrected chi connectivity index (χ2v) is 4.86. The predicted molar refractivity (Wildman–Crippen MR) is 64.8 cm³/mol. The average Bonchev–Trinajstić information content (AvgIpc) is 2.23. The van der Waals surface area contributed by atoms with Crippen LogP contribution in [-0.4, -0.2) is 16.0 Å². The smallest absolute Gasteiger partial charge is 0.265 e. The molecular formula is C12H25N3. The summed E-state index contributed by atoms with van der Waals surface area (Å²) >= 11 is 0. The molecule has 3 heteroatoms. The summed E-state index contributed by atoms with van der Waals surface area (Å²) in [6, 6.07) is 0. The minimum atomic E-state index is -0.0507. The minimum absolute atomic E-state index is 0.0507. The molecule has 0 rings (SSSR count). The quantitative estimate of drug-likeness (QED) is 0.393. The molecule has 0 amide bonds. The summed E-state index contributed by atoms with van der Waals surface area (Å²) in [6.07, 6.45) is 5.15. The molecule has 0 aromatic rings. The third-order valence-corrected chi connectivity index (χ3v) is 3.23. The molecule has 2 unspecified atom stereocenters. The molecule has 0 aromatic heterocycles. The van der Waals surface area contributed by atoms with E-state index in [1.807, 2.05) is 6.92 Å². The SMILES string of the molecule is CCC(CCC(C)=[N+]=[N-])CC(C)(N)CC. The number of nitrogens with zero attached hydrogens (tertiary/aromatic N) is 2. The lowest BCUT2D eigenvalue weighted by atomic mass is 9.84. The molecule has 3 nitrogen and oxygen atoms in total. The Hall–Kier alpha value is -0.660. The van der Waals surface area contributed by atoms with E-state index in [-0.39, 0.29) is 5.54 Å². The van der Waals surface area contributed by atoms with Crippen LogP contribution in [0.1, 0.15) is 59.8 Å². The molecule has 2 atom stereocenters. The predicted octanol–water partition coefficient (Wildman–Crippen LogP) is 3.00. The highest BCUT2D eigenvalue weighted by Crippen LogP contribution is 2.24. The highest BCUT2D eigenvalue weighted by molar-refractivity contribution is 5.75. The molecule has 0 aliphatic carbocycles. The molecule has 0 aliphatic rings. The van der Waals surface area contributed by atoms with Crippen molar-refractivity contribution in [1.82, 2.24) is 0 Å². The summed E-state index contributed by atoms with van der Waals surface area (Å²) in [5.74, 6) is 0.636. The van der Waals surface area contributed by atoms with Crippen LogP contribution in [0.4, 0.5) is 0 Å². The van der Waals surface area contributed by atoms with Gasteiger partial charge in [0.15, 0.2) is 0 Å². The van der Waals surface area contributed by atoms with Gasteiger partial charge in [0.05, 0.1) is 0 Å². The van der Waals surface area contributed by atoms with E-state index >= 15 is 0 Å². The molecule has 0 spiro atoms. The second-order valence-electron chi connectivity index (χ2n) is 4.86. The second kappa shape index (κ2) is 6.76. The van der Waals surface area contributed by atoms with Crippen LogP contribution >= 0.6 is 0 Å². The summed E-state index contributed by atoms with van der Waals surface area (Å²) in [5, 5.41) is 0. The van der Waals surface area contributed by atoms with E-state index in [1.165, 1.54) is 0 Å². The number of nitrogens with two attached hydrogens (primary N) is 1. The first kappa shape index (κ1) is 14.3. The molecular weight excluding hydrogens is 186 g/mol. The molecule has 0 radical (unpaired) electrons. The van der Waals surface area contributed by atoms with E-state index < -0.39 is 0 Å². The zero-order valence-electron chi connectivity index (χ0n) is 10.6. The highest BCUT2D eigenvalue weighted by atomic mass is 14.8. The van der Waals surface area contributed by atoms with Crippen LogP contribution < -0.4 is 5.73 Å². The highest BCUT2D eigenvalue weighted by Gasteiger charge is 2.21. The minimum Gasteiger partial charge on any atom is -0.362 e. The Bertz CT molecular complexity index is 227. The first-order valence-corrected chi connectivity index (χ1v) is 5.91. The first-order valence-electron chi connectivity index (χ1n) is 5.91. The number of hydrogen-bond acceptors (Lipinski definition) is 1. The Balaban J connectivity index is 4.09. The van der Waals surface area contributed by atoms with E-state index in [0.717, 1.165) is 37.8 Å². The van der Waals surface area contributed by atoms with Gasteiger partial charge in [-0.25, -0.2) is 0 Å². The molecule has 88 valence electrons. The van der Waals surface area contributed by atoms with Crippen molar-refractivity contribution >= 4 is 5.71 Å². The molecule has 0 heterocycles. The van der Waals surface area contributed by atoms with Crippen molar-refractivity contribution in [2.75, 3.05) is 0 Å². The lowest BCUT2D eigenvalue weighted by Gasteiger charge is -2.27. The van der Waals surface area contributed by atoms with Crippen molar-refractivity contribution in [3.05, 3.63) is 5.53 Å². The lowest BCUT2D eigenvalue weighted by molar-refractivity contribution is -0.00947. The standard InChI is InChI=1S/C12H25N3/c1-5-11(8-7-10(3)15-14)9-12(4,13)6-2/h11H,5-9,13H2,1-4H3. The van der Waals surface area contributed by atoms with Gasteiger partial charge in [0.25, 0.3) is 5.71 Å². The van der Waals surface area contributed by atoms with Crippen LogP contribution in [0.3, 0.4) is 0 Å². The Labute approximate surface area is 93.7 Å². The van der Waals surface area contributed by atoms with E-state index in [0.29, 0.717) is 5.92 Å². The van der Waals surface area contributed by atoms with Gasteiger partial charge in [-0.15, -0.1) is 0 Å². The molecule has 0 saturated heterocycles. The van der Waals surface area contributed by atoms with E-state index in [2.05, 4.69) is 25.6 Å². The normalized spacial score (nSPS) is 16.6. The molecule has 0 aliphatic heterocycles. The number of rotatable bonds is 7. The van der Waals surface area contributed by atoms with Crippen molar-refractivity contribution in [3.63, 3.8) is 0 Å². The van der Waals surface area contributed by atoms with Gasteiger partial charge in [-0.2, -0.15) is 4.79 Å². The zero-order valence-corrected chi connectivity index (χ0v) is 10.6. The average molecular weight is 211 g/mol. The zero-order chi connectivity index (χ0) is 11.9. The van der Waals surface area contributed by atoms with Crippen molar-refractivity contribution < 1.29 is 4.79 Å². The van der Waals surface area contributed by atoms with Gasteiger partial charge in [0, 0.05) is 18.9 Å². The van der Waals surface area contributed by atoms with Crippen LogP contribution in [0.5, 0.6) is 0 Å². The summed E-state index contributed by atoms with van der Waals surface area (Å²) < 4.78 is 0. The van der Waals surface area contributed by atoms with Crippen LogP contribution in [0.2, 0.25) is 0 Å². The fourth-order valence-electron chi connectivity index (χ4n) is 1.72. The molecule has 0 saturated carbocycles. The number of hydrogen-bond donors (Lipinski definition) is 1. The van der Waals surface area contributed by atoms with E-state index in [4.69, 9.17) is 11.3 Å². The van der Waals surface area contributed by atoms with Gasteiger partial charge in [-0.05, 0) is 32.1 Å². The Morgan fingerprint density at radius 2 is 2.07 bits per heavy atom. The first-order chi connectivity index (χ1) is 6.95. The van der Waals surface area contributed by atoms with Gasteiger partial charge in [-0.3, -0.25) is 0 Å². The maximum absolute atomic E-state index is 8.56. The maximum atomic E-state index is 8.56. The molecule has 0 fully saturated rings. The molecule has 0 aromatic carbocycles. The van der Waals surface area contributed by atoms with Crippen LogP contribution in [0, 0.1) is 5.92 Å². The molecule has 2 N–H and O–H groups in total. The van der Waals surface area contributed by atoms with Gasteiger partial charge >= 0.3 is 0 Å². The van der Waals surface area contributed by atoms with Gasteiger partial charge in [-0.1, -0.05) is 20.3 Å². The van der Waals surface area contributed by atoms with Crippen LogP contribution in [0.25, 0.3) is 5.53 Å². The van der Waals surface area contributed by atoms with Crippen LogP contribution in [0.15, 0.2) is 0 Å². The van der Waals surface area contributed by atoms with Crippen molar-refractivity contribution in [1.29, 1.82) is 0 Å². The summed E-state index contributed by atoms with van der Waals surface area (Å²) in [5.41, 5.74) is 15.5. The summed E-state index contributed by atoms with van der Waals surface area (Å²) in [7, 11) is 0. The third kappa shape index (κ3) is 6.43. The maximum Gasteiger partial charge on any atom is 0.265 e. The fraction of sp³-hybridized carbons (Fsp3) is 0.917. The molecule has 0 bridgehead atoms. The topological polar surface area (TPSA) is 62.4 Å². The third-order valence-electron chi connectivity index (χ3n) is 3.23. The van der Waals surface area contributed by atoms with E-state index in [1.54, 1.807) is 0 Å². The van der Waals surface area contributed by atoms with Crippen LogP contribution in [-0.2, 0) is 0 Å². The van der Waals surface area contributed by atoms with Gasteiger partial charge in [0.1, 0.15) is 0 Å². The summed E-state index contributed by atoms with van der Waals surface area (Å²) in [4.78, 5) is 3.20. The van der Waals surface area contributed by atoms with E-state index in [9.17, 15) is 0 Å². The fourth-order valence-corrected chi connectivity index (χ4v) is 1.72. The Morgan fingerprint density at radius 3 is 2.47 bits per heavy atom.